The number of hydrogen-bond donors (Lipinski definition) is 1. The quantitative estimate of drug-likeness (QED) is 0.915. The van der Waals surface area contributed by atoms with Gasteiger partial charge in [0.2, 0.25) is 0 Å². The predicted octanol–water partition coefficient (Wildman–Crippen LogP) is 3.60. The van der Waals surface area contributed by atoms with Crippen molar-refractivity contribution in [2.75, 3.05) is 11.4 Å². The maximum Gasteiger partial charge on any atom is 0.136 e. The molecule has 1 aliphatic rings. The van der Waals surface area contributed by atoms with Crippen LogP contribution in [0.4, 0.5) is 5.82 Å². The van der Waals surface area contributed by atoms with Crippen LogP contribution >= 0.6 is 0 Å². The molecule has 0 radical (unpaired) electrons. The molecule has 3 heteroatoms. The SMILES string of the molecule is CC1CC(C)C(C)N(c2ncc(CO)c3ccccc23)C1. The van der Waals surface area contributed by atoms with Crippen molar-refractivity contribution in [1.82, 2.24) is 4.98 Å². The van der Waals surface area contributed by atoms with Crippen LogP contribution in [-0.4, -0.2) is 22.7 Å². The topological polar surface area (TPSA) is 36.4 Å². The Morgan fingerprint density at radius 3 is 2.62 bits per heavy atom. The van der Waals surface area contributed by atoms with Crippen LogP contribution in [0.3, 0.4) is 0 Å². The third kappa shape index (κ3) is 2.51. The fraction of sp³-hybridized carbons (Fsp3) is 0.500. The van der Waals surface area contributed by atoms with Gasteiger partial charge in [-0.25, -0.2) is 4.98 Å². The number of pyridine rings is 1. The predicted molar refractivity (Wildman–Crippen MR) is 87.4 cm³/mol. The Morgan fingerprint density at radius 1 is 1.19 bits per heavy atom. The Bertz CT molecular complexity index is 640. The molecule has 2 aromatic rings. The zero-order chi connectivity index (χ0) is 15.0. The molecule has 1 aromatic carbocycles. The first-order chi connectivity index (χ1) is 10.1. The van der Waals surface area contributed by atoms with E-state index in [1.807, 2.05) is 12.3 Å². The minimum Gasteiger partial charge on any atom is -0.392 e. The highest BCUT2D eigenvalue weighted by atomic mass is 16.3. The Labute approximate surface area is 126 Å². The number of anilines is 1. The molecular formula is C18H24N2O. The van der Waals surface area contributed by atoms with Crippen LogP contribution in [0, 0.1) is 11.8 Å². The number of hydrogen-bond acceptors (Lipinski definition) is 3. The average Bonchev–Trinajstić information content (AvgIpc) is 2.50. The molecular weight excluding hydrogens is 260 g/mol. The fourth-order valence-electron chi connectivity index (χ4n) is 3.59. The van der Waals surface area contributed by atoms with Crippen LogP contribution in [0.1, 0.15) is 32.8 Å². The lowest BCUT2D eigenvalue weighted by Crippen LogP contribution is -2.46. The summed E-state index contributed by atoms with van der Waals surface area (Å²) in [6.07, 6.45) is 3.11. The van der Waals surface area contributed by atoms with Crippen LogP contribution in [-0.2, 0) is 6.61 Å². The van der Waals surface area contributed by atoms with Gasteiger partial charge in [-0.15, -0.1) is 0 Å². The van der Waals surface area contributed by atoms with Gasteiger partial charge in [-0.05, 0) is 30.6 Å². The van der Waals surface area contributed by atoms with Gasteiger partial charge >= 0.3 is 0 Å². The molecule has 112 valence electrons. The molecule has 3 atom stereocenters. The summed E-state index contributed by atoms with van der Waals surface area (Å²) >= 11 is 0. The van der Waals surface area contributed by atoms with Gasteiger partial charge in [-0.3, -0.25) is 0 Å². The molecule has 1 N–H and O–H groups in total. The Morgan fingerprint density at radius 2 is 1.90 bits per heavy atom. The van der Waals surface area contributed by atoms with Gasteiger partial charge < -0.3 is 10.0 Å². The van der Waals surface area contributed by atoms with Crippen molar-refractivity contribution in [3.8, 4) is 0 Å². The van der Waals surface area contributed by atoms with Crippen molar-refractivity contribution >= 4 is 16.6 Å². The zero-order valence-corrected chi connectivity index (χ0v) is 13.1. The van der Waals surface area contributed by atoms with E-state index in [0.29, 0.717) is 17.9 Å². The van der Waals surface area contributed by atoms with Crippen molar-refractivity contribution in [3.63, 3.8) is 0 Å². The summed E-state index contributed by atoms with van der Waals surface area (Å²) in [4.78, 5) is 7.13. The van der Waals surface area contributed by atoms with Gasteiger partial charge in [0.25, 0.3) is 0 Å². The number of rotatable bonds is 2. The molecule has 1 aliphatic heterocycles. The van der Waals surface area contributed by atoms with Gasteiger partial charge in [0.05, 0.1) is 6.61 Å². The molecule has 0 amide bonds. The van der Waals surface area contributed by atoms with Crippen LogP contribution in [0.15, 0.2) is 30.5 Å². The fourth-order valence-corrected chi connectivity index (χ4v) is 3.59. The van der Waals surface area contributed by atoms with Crippen molar-refractivity contribution < 1.29 is 5.11 Å². The largest absolute Gasteiger partial charge is 0.392 e. The van der Waals surface area contributed by atoms with Gasteiger partial charge in [-0.2, -0.15) is 0 Å². The van der Waals surface area contributed by atoms with Crippen molar-refractivity contribution in [2.45, 2.75) is 39.8 Å². The first-order valence-corrected chi connectivity index (χ1v) is 7.86. The molecule has 0 bridgehead atoms. The van der Waals surface area contributed by atoms with Crippen LogP contribution < -0.4 is 4.90 Å². The highest BCUT2D eigenvalue weighted by Crippen LogP contribution is 2.34. The lowest BCUT2D eigenvalue weighted by Gasteiger charge is -2.42. The summed E-state index contributed by atoms with van der Waals surface area (Å²) in [5.41, 5.74) is 0.903. The average molecular weight is 284 g/mol. The smallest absolute Gasteiger partial charge is 0.136 e. The van der Waals surface area contributed by atoms with Crippen molar-refractivity contribution in [2.24, 2.45) is 11.8 Å². The molecule has 1 fully saturated rings. The highest BCUT2D eigenvalue weighted by molar-refractivity contribution is 5.94. The van der Waals surface area contributed by atoms with E-state index >= 15 is 0 Å². The number of piperidine rings is 1. The van der Waals surface area contributed by atoms with Crippen molar-refractivity contribution in [1.29, 1.82) is 0 Å². The van der Waals surface area contributed by atoms with Gasteiger partial charge in [-0.1, -0.05) is 38.1 Å². The van der Waals surface area contributed by atoms with E-state index in [1.54, 1.807) is 0 Å². The first kappa shape index (κ1) is 14.3. The summed E-state index contributed by atoms with van der Waals surface area (Å²) in [5.74, 6) is 2.43. The second-order valence-electron chi connectivity index (χ2n) is 6.52. The third-order valence-corrected chi connectivity index (χ3v) is 4.90. The number of nitrogens with zero attached hydrogens (tertiary/aromatic N) is 2. The summed E-state index contributed by atoms with van der Waals surface area (Å²) in [7, 11) is 0. The van der Waals surface area contributed by atoms with Crippen LogP contribution in [0.25, 0.3) is 10.8 Å². The van der Waals surface area contributed by atoms with Crippen LogP contribution in [0.2, 0.25) is 0 Å². The monoisotopic (exact) mass is 284 g/mol. The summed E-state index contributed by atoms with van der Waals surface area (Å²) < 4.78 is 0. The Kier molecular flexibility index (Phi) is 3.85. The molecule has 0 aliphatic carbocycles. The zero-order valence-electron chi connectivity index (χ0n) is 13.1. The highest BCUT2D eigenvalue weighted by Gasteiger charge is 2.30. The number of fused-ring (bicyclic) bond motifs is 1. The standard InChI is InChI=1S/C18H24N2O/c1-12-8-13(2)14(3)20(10-12)18-17-7-5-4-6-16(17)15(11-21)9-19-18/h4-7,9,12-14,21H,8,10-11H2,1-3H3. The second kappa shape index (κ2) is 5.64. The Balaban J connectivity index is 2.12. The second-order valence-corrected chi connectivity index (χ2v) is 6.52. The minimum atomic E-state index is 0.0378. The summed E-state index contributed by atoms with van der Waals surface area (Å²) in [6.45, 7) is 8.04. The van der Waals surface area contributed by atoms with Gasteiger partial charge in [0.15, 0.2) is 0 Å². The number of aliphatic hydroxyl groups is 1. The van der Waals surface area contributed by atoms with E-state index in [2.05, 4.69) is 48.9 Å². The lowest BCUT2D eigenvalue weighted by molar-refractivity contribution is 0.282. The van der Waals surface area contributed by atoms with E-state index in [0.717, 1.165) is 28.7 Å². The number of aliphatic hydroxyl groups excluding tert-OH is 1. The molecule has 0 spiro atoms. The van der Waals surface area contributed by atoms with E-state index in [4.69, 9.17) is 0 Å². The molecule has 0 saturated carbocycles. The number of benzene rings is 1. The molecule has 3 unspecified atom stereocenters. The van der Waals surface area contributed by atoms with E-state index in [9.17, 15) is 5.11 Å². The van der Waals surface area contributed by atoms with E-state index in [1.165, 1.54) is 6.42 Å². The normalized spacial score (nSPS) is 26.3. The van der Waals surface area contributed by atoms with Gasteiger partial charge in [0, 0.05) is 29.7 Å². The summed E-state index contributed by atoms with van der Waals surface area (Å²) in [5, 5.41) is 11.8. The van der Waals surface area contributed by atoms with E-state index in [-0.39, 0.29) is 6.61 Å². The molecule has 1 saturated heterocycles. The number of aromatic nitrogens is 1. The molecule has 3 rings (SSSR count). The maximum atomic E-state index is 9.52. The molecule has 3 nitrogen and oxygen atoms in total. The Hall–Kier alpha value is -1.61. The first-order valence-electron chi connectivity index (χ1n) is 7.86. The minimum absolute atomic E-state index is 0.0378. The van der Waals surface area contributed by atoms with E-state index < -0.39 is 0 Å². The molecule has 21 heavy (non-hydrogen) atoms. The maximum absolute atomic E-state index is 9.52. The van der Waals surface area contributed by atoms with Crippen LogP contribution in [0.5, 0.6) is 0 Å². The molecule has 2 heterocycles. The van der Waals surface area contributed by atoms with Crippen molar-refractivity contribution in [3.05, 3.63) is 36.0 Å². The summed E-state index contributed by atoms with van der Waals surface area (Å²) in [6, 6.07) is 8.77. The van der Waals surface area contributed by atoms with Gasteiger partial charge in [0.1, 0.15) is 5.82 Å². The molecule has 1 aromatic heterocycles. The lowest BCUT2D eigenvalue weighted by atomic mass is 9.85. The third-order valence-electron chi connectivity index (χ3n) is 4.90.